The van der Waals surface area contributed by atoms with E-state index < -0.39 is 0 Å². The Bertz CT molecular complexity index is 268. The van der Waals surface area contributed by atoms with Gasteiger partial charge in [-0.1, -0.05) is 48.0 Å². The molecule has 0 unspecified atom stereocenters. The molecule has 1 N–H and O–H groups in total. The second kappa shape index (κ2) is 3.58. The molecule has 0 aliphatic heterocycles. The lowest BCUT2D eigenvalue weighted by Gasteiger charge is -2.23. The van der Waals surface area contributed by atoms with Gasteiger partial charge in [-0.3, -0.25) is 0 Å². The summed E-state index contributed by atoms with van der Waals surface area (Å²) in [6.07, 6.45) is 0. The fourth-order valence-electron chi connectivity index (χ4n) is 1.10. The molecule has 1 aromatic carbocycles. The molecular formula is C10H13BrO. The van der Waals surface area contributed by atoms with E-state index in [2.05, 4.69) is 15.9 Å². The van der Waals surface area contributed by atoms with E-state index in [1.54, 1.807) is 0 Å². The molecule has 12 heavy (non-hydrogen) atoms. The van der Waals surface area contributed by atoms with Crippen molar-refractivity contribution in [2.24, 2.45) is 0 Å². The predicted octanol–water partition coefficient (Wildman–Crippen LogP) is 2.72. The topological polar surface area (TPSA) is 20.2 Å². The van der Waals surface area contributed by atoms with Gasteiger partial charge < -0.3 is 5.11 Å². The molecule has 1 nitrogen and oxygen atoms in total. The minimum Gasteiger partial charge on any atom is -0.395 e. The number of halogens is 1. The Hall–Kier alpha value is -0.340. The van der Waals surface area contributed by atoms with Gasteiger partial charge in [0.05, 0.1) is 6.61 Å². The van der Waals surface area contributed by atoms with E-state index in [4.69, 9.17) is 5.11 Å². The first kappa shape index (κ1) is 9.75. The van der Waals surface area contributed by atoms with Gasteiger partial charge in [0.1, 0.15) is 0 Å². The average molecular weight is 229 g/mol. The van der Waals surface area contributed by atoms with Crippen molar-refractivity contribution in [3.8, 4) is 0 Å². The molecule has 0 atom stereocenters. The molecule has 0 saturated carbocycles. The molecule has 0 bridgehead atoms. The number of benzene rings is 1. The highest BCUT2D eigenvalue weighted by atomic mass is 79.9. The van der Waals surface area contributed by atoms with Crippen molar-refractivity contribution in [3.05, 3.63) is 34.3 Å². The molecule has 0 aliphatic rings. The van der Waals surface area contributed by atoms with Crippen LogP contribution in [-0.4, -0.2) is 11.7 Å². The zero-order valence-electron chi connectivity index (χ0n) is 7.34. The molecule has 0 aliphatic carbocycles. The van der Waals surface area contributed by atoms with Crippen molar-refractivity contribution >= 4 is 15.9 Å². The summed E-state index contributed by atoms with van der Waals surface area (Å²) >= 11 is 3.46. The van der Waals surface area contributed by atoms with E-state index in [0.717, 1.165) is 10.0 Å². The lowest BCUT2D eigenvalue weighted by atomic mass is 9.86. The summed E-state index contributed by atoms with van der Waals surface area (Å²) in [5.74, 6) is 0. The lowest BCUT2D eigenvalue weighted by Crippen LogP contribution is -2.22. The largest absolute Gasteiger partial charge is 0.395 e. The van der Waals surface area contributed by atoms with Crippen LogP contribution >= 0.6 is 15.9 Å². The quantitative estimate of drug-likeness (QED) is 0.826. The summed E-state index contributed by atoms with van der Waals surface area (Å²) in [7, 11) is 0. The Morgan fingerprint density at radius 2 is 1.92 bits per heavy atom. The summed E-state index contributed by atoms with van der Waals surface area (Å²) in [4.78, 5) is 0. The van der Waals surface area contributed by atoms with Gasteiger partial charge in [0, 0.05) is 9.89 Å². The number of hydrogen-bond donors (Lipinski definition) is 1. The highest BCUT2D eigenvalue weighted by Crippen LogP contribution is 2.29. The van der Waals surface area contributed by atoms with Crippen molar-refractivity contribution in [1.29, 1.82) is 0 Å². The minimum absolute atomic E-state index is 0.162. The van der Waals surface area contributed by atoms with Crippen molar-refractivity contribution in [2.75, 3.05) is 6.61 Å². The average Bonchev–Trinajstić information content (AvgIpc) is 2.05. The zero-order chi connectivity index (χ0) is 9.19. The van der Waals surface area contributed by atoms with Crippen LogP contribution in [0.1, 0.15) is 19.4 Å². The maximum Gasteiger partial charge on any atom is 0.0523 e. The van der Waals surface area contributed by atoms with E-state index >= 15 is 0 Å². The first-order valence-electron chi connectivity index (χ1n) is 3.94. The highest BCUT2D eigenvalue weighted by molar-refractivity contribution is 9.10. The van der Waals surface area contributed by atoms with Crippen LogP contribution in [0.25, 0.3) is 0 Å². The second-order valence-electron chi connectivity index (χ2n) is 3.52. The first-order valence-corrected chi connectivity index (χ1v) is 4.73. The summed E-state index contributed by atoms with van der Waals surface area (Å²) < 4.78 is 1.06. The maximum absolute atomic E-state index is 9.15. The molecule has 0 heterocycles. The van der Waals surface area contributed by atoms with E-state index in [9.17, 15) is 0 Å². The van der Waals surface area contributed by atoms with Gasteiger partial charge in [0.25, 0.3) is 0 Å². The van der Waals surface area contributed by atoms with Crippen LogP contribution in [-0.2, 0) is 5.41 Å². The van der Waals surface area contributed by atoms with Gasteiger partial charge in [0.15, 0.2) is 0 Å². The molecule has 1 aromatic rings. The van der Waals surface area contributed by atoms with Gasteiger partial charge in [0.2, 0.25) is 0 Å². The Balaban J connectivity index is 3.10. The molecular weight excluding hydrogens is 216 g/mol. The number of aliphatic hydroxyl groups excluding tert-OH is 1. The molecule has 2 heteroatoms. The normalized spacial score (nSPS) is 11.7. The fourth-order valence-corrected chi connectivity index (χ4v) is 1.92. The standard InChI is InChI=1S/C10H13BrO/c1-10(2,7-12)8-5-3-4-6-9(8)11/h3-6,12H,7H2,1-2H3. The Labute approximate surface area is 81.6 Å². The zero-order valence-corrected chi connectivity index (χ0v) is 8.93. The molecule has 1 rings (SSSR count). The second-order valence-corrected chi connectivity index (χ2v) is 4.38. The van der Waals surface area contributed by atoms with Crippen LogP contribution in [0.2, 0.25) is 0 Å². The van der Waals surface area contributed by atoms with E-state index in [-0.39, 0.29) is 12.0 Å². The summed E-state index contributed by atoms with van der Waals surface area (Å²) in [5, 5.41) is 9.15. The Morgan fingerprint density at radius 3 is 2.42 bits per heavy atom. The fraction of sp³-hybridized carbons (Fsp3) is 0.400. The van der Waals surface area contributed by atoms with Gasteiger partial charge in [-0.05, 0) is 11.6 Å². The van der Waals surface area contributed by atoms with E-state index in [1.165, 1.54) is 0 Å². The van der Waals surface area contributed by atoms with Crippen LogP contribution in [0.5, 0.6) is 0 Å². The van der Waals surface area contributed by atoms with Gasteiger partial charge in [-0.2, -0.15) is 0 Å². The van der Waals surface area contributed by atoms with Crippen molar-refractivity contribution in [2.45, 2.75) is 19.3 Å². The van der Waals surface area contributed by atoms with Crippen LogP contribution in [0.3, 0.4) is 0 Å². The van der Waals surface area contributed by atoms with Gasteiger partial charge >= 0.3 is 0 Å². The molecule has 0 spiro atoms. The van der Waals surface area contributed by atoms with Gasteiger partial charge in [-0.15, -0.1) is 0 Å². The highest BCUT2D eigenvalue weighted by Gasteiger charge is 2.21. The molecule has 66 valence electrons. The molecule has 0 saturated heterocycles. The Kier molecular flexibility index (Phi) is 2.91. The number of rotatable bonds is 2. The van der Waals surface area contributed by atoms with Crippen LogP contribution in [0, 0.1) is 0 Å². The third kappa shape index (κ3) is 1.87. The smallest absolute Gasteiger partial charge is 0.0523 e. The summed E-state index contributed by atoms with van der Waals surface area (Å²) in [5.41, 5.74) is 0.979. The SMILES string of the molecule is CC(C)(CO)c1ccccc1Br. The molecule has 0 radical (unpaired) electrons. The van der Waals surface area contributed by atoms with Crippen molar-refractivity contribution < 1.29 is 5.11 Å². The number of aliphatic hydroxyl groups is 1. The van der Waals surface area contributed by atoms with Crippen molar-refractivity contribution in [1.82, 2.24) is 0 Å². The van der Waals surface area contributed by atoms with Crippen molar-refractivity contribution in [3.63, 3.8) is 0 Å². The number of hydrogen-bond acceptors (Lipinski definition) is 1. The minimum atomic E-state index is -0.167. The molecule has 0 aromatic heterocycles. The van der Waals surface area contributed by atoms with Crippen LogP contribution in [0.4, 0.5) is 0 Å². The third-order valence-electron chi connectivity index (χ3n) is 2.00. The van der Waals surface area contributed by atoms with Crippen LogP contribution < -0.4 is 0 Å². The maximum atomic E-state index is 9.15. The van der Waals surface area contributed by atoms with Crippen LogP contribution in [0.15, 0.2) is 28.7 Å². The van der Waals surface area contributed by atoms with E-state index in [0.29, 0.717) is 0 Å². The predicted molar refractivity (Wildman–Crippen MR) is 54.3 cm³/mol. The molecule has 0 amide bonds. The third-order valence-corrected chi connectivity index (χ3v) is 2.69. The van der Waals surface area contributed by atoms with E-state index in [1.807, 2.05) is 38.1 Å². The van der Waals surface area contributed by atoms with Gasteiger partial charge in [-0.25, -0.2) is 0 Å². The summed E-state index contributed by atoms with van der Waals surface area (Å²) in [6.45, 7) is 4.20. The Morgan fingerprint density at radius 1 is 1.33 bits per heavy atom. The monoisotopic (exact) mass is 228 g/mol. The summed E-state index contributed by atoms with van der Waals surface area (Å²) in [6, 6.07) is 7.98. The first-order chi connectivity index (χ1) is 5.58. The molecule has 0 fully saturated rings. The lowest BCUT2D eigenvalue weighted by molar-refractivity contribution is 0.218.